The van der Waals surface area contributed by atoms with Gasteiger partial charge in [0.05, 0.1) is 24.1 Å². The largest absolute Gasteiger partial charge is 0.495 e. The third-order valence-electron chi connectivity index (χ3n) is 5.93. The Labute approximate surface area is 240 Å². The van der Waals surface area contributed by atoms with E-state index in [1.54, 1.807) is 37.3 Å². The number of benzene rings is 2. The fourth-order valence-corrected chi connectivity index (χ4v) is 5.44. The monoisotopic (exact) mass is 605 g/mol. The van der Waals surface area contributed by atoms with Gasteiger partial charge in [-0.2, -0.15) is 0 Å². The number of sulfonamides is 1. The maximum atomic E-state index is 13.4. The van der Waals surface area contributed by atoms with Crippen molar-refractivity contribution >= 4 is 62.3 Å². The molecule has 12 heteroatoms. The van der Waals surface area contributed by atoms with Crippen LogP contribution in [0.5, 0.6) is 5.75 Å². The van der Waals surface area contributed by atoms with E-state index in [1.807, 2.05) is 6.92 Å². The first-order chi connectivity index (χ1) is 17.9. The third-order valence-corrected chi connectivity index (χ3v) is 8.00. The van der Waals surface area contributed by atoms with E-state index in [2.05, 4.69) is 5.32 Å². The number of amides is 2. The van der Waals surface area contributed by atoms with Gasteiger partial charge in [0.1, 0.15) is 11.8 Å². The molecule has 0 spiro atoms. The van der Waals surface area contributed by atoms with Crippen LogP contribution in [0, 0.1) is 0 Å². The first-order valence-corrected chi connectivity index (χ1v) is 15.2. The number of carbonyl (C=O) groups excluding carboxylic acids is 2. The van der Waals surface area contributed by atoms with Crippen LogP contribution in [0.4, 0.5) is 5.69 Å². The molecule has 1 N–H and O–H groups in total. The van der Waals surface area contributed by atoms with Crippen molar-refractivity contribution < 1.29 is 22.7 Å². The molecule has 0 saturated carbocycles. The molecule has 2 amide bonds. The molecule has 0 radical (unpaired) electrons. The van der Waals surface area contributed by atoms with Gasteiger partial charge in [0.25, 0.3) is 0 Å². The van der Waals surface area contributed by atoms with Crippen LogP contribution in [0.15, 0.2) is 36.4 Å². The number of hydrogen-bond donors (Lipinski definition) is 1. The second-order valence-corrected chi connectivity index (χ2v) is 12.0. The van der Waals surface area contributed by atoms with Crippen LogP contribution in [0.3, 0.4) is 0 Å². The SMILES string of the molecule is CCCCNC(=O)C(C)N(Cc1ccc(Cl)cc1Cl)C(=O)CCCN(c1ccc(OC)c(Cl)c1)S(C)(=O)=O. The van der Waals surface area contributed by atoms with Gasteiger partial charge in [-0.25, -0.2) is 8.42 Å². The van der Waals surface area contributed by atoms with Gasteiger partial charge >= 0.3 is 0 Å². The molecule has 0 heterocycles. The lowest BCUT2D eigenvalue weighted by Gasteiger charge is -2.30. The molecule has 2 rings (SSSR count). The van der Waals surface area contributed by atoms with Crippen molar-refractivity contribution in [3.05, 3.63) is 57.0 Å². The van der Waals surface area contributed by atoms with Crippen LogP contribution in [0.1, 0.15) is 45.1 Å². The highest BCUT2D eigenvalue weighted by atomic mass is 35.5. The number of unbranched alkanes of at least 4 members (excludes halogenated alkanes) is 1. The third kappa shape index (κ3) is 9.22. The Morgan fingerprint density at radius 2 is 1.76 bits per heavy atom. The zero-order valence-corrected chi connectivity index (χ0v) is 25.1. The van der Waals surface area contributed by atoms with Gasteiger partial charge in [-0.15, -0.1) is 0 Å². The molecule has 0 aliphatic rings. The summed E-state index contributed by atoms with van der Waals surface area (Å²) in [6.45, 7) is 4.33. The Hall–Kier alpha value is -2.20. The number of hydrogen-bond acceptors (Lipinski definition) is 5. The van der Waals surface area contributed by atoms with E-state index in [1.165, 1.54) is 22.4 Å². The Bertz CT molecular complexity index is 1230. The number of rotatable bonds is 14. The lowest BCUT2D eigenvalue weighted by Crippen LogP contribution is -2.48. The molecule has 8 nitrogen and oxygen atoms in total. The van der Waals surface area contributed by atoms with E-state index in [9.17, 15) is 18.0 Å². The van der Waals surface area contributed by atoms with E-state index >= 15 is 0 Å². The molecule has 0 saturated heterocycles. The second kappa shape index (κ2) is 14.8. The maximum absolute atomic E-state index is 13.4. The zero-order valence-electron chi connectivity index (χ0n) is 22.0. The van der Waals surface area contributed by atoms with Gasteiger partial charge < -0.3 is 15.0 Å². The summed E-state index contributed by atoms with van der Waals surface area (Å²) in [6, 6.07) is 8.87. The van der Waals surface area contributed by atoms with Crippen molar-refractivity contribution in [2.24, 2.45) is 0 Å². The molecule has 210 valence electrons. The van der Waals surface area contributed by atoms with Crippen molar-refractivity contribution in [1.82, 2.24) is 10.2 Å². The zero-order chi connectivity index (χ0) is 28.5. The van der Waals surface area contributed by atoms with Crippen LogP contribution in [0.2, 0.25) is 15.1 Å². The lowest BCUT2D eigenvalue weighted by molar-refractivity contribution is -0.140. The molecule has 2 aromatic rings. The minimum absolute atomic E-state index is 0.00763. The van der Waals surface area contributed by atoms with Crippen LogP contribution in [-0.4, -0.2) is 57.6 Å². The summed E-state index contributed by atoms with van der Waals surface area (Å²) in [5, 5.41) is 3.97. The van der Waals surface area contributed by atoms with Gasteiger partial charge in [0, 0.05) is 36.1 Å². The number of halogens is 3. The molecule has 0 aromatic heterocycles. The summed E-state index contributed by atoms with van der Waals surface area (Å²) in [7, 11) is -2.19. The predicted octanol–water partition coefficient (Wildman–Crippen LogP) is 5.54. The molecule has 1 unspecified atom stereocenters. The summed E-state index contributed by atoms with van der Waals surface area (Å²) in [6.07, 6.45) is 3.06. The average Bonchev–Trinajstić information content (AvgIpc) is 2.85. The average molecular weight is 607 g/mol. The smallest absolute Gasteiger partial charge is 0.242 e. The molecule has 2 aromatic carbocycles. The highest BCUT2D eigenvalue weighted by molar-refractivity contribution is 7.92. The fourth-order valence-electron chi connectivity index (χ4n) is 3.77. The summed E-state index contributed by atoms with van der Waals surface area (Å²) in [5.74, 6) is -0.167. The lowest BCUT2D eigenvalue weighted by atomic mass is 10.1. The topological polar surface area (TPSA) is 96.0 Å². The molecule has 38 heavy (non-hydrogen) atoms. The number of carbonyl (C=O) groups is 2. The van der Waals surface area contributed by atoms with Crippen LogP contribution < -0.4 is 14.4 Å². The molecular weight excluding hydrogens is 573 g/mol. The number of nitrogens with zero attached hydrogens (tertiary/aromatic N) is 2. The van der Waals surface area contributed by atoms with Gasteiger partial charge in [-0.1, -0.05) is 54.2 Å². The summed E-state index contributed by atoms with van der Waals surface area (Å²) >= 11 is 18.6. The number of anilines is 1. The highest BCUT2D eigenvalue weighted by Crippen LogP contribution is 2.30. The number of methoxy groups -OCH3 is 1. The van der Waals surface area contributed by atoms with Crippen LogP contribution in [0.25, 0.3) is 0 Å². The standard InChI is InChI=1S/C26H34Cl3N3O5S/c1-5-6-13-30-26(34)18(2)31(17-19-9-10-20(27)15-22(19)28)25(33)8-7-14-32(38(4,35)36)21-11-12-24(37-3)23(29)16-21/h9-12,15-16,18H,5-8,13-14,17H2,1-4H3,(H,30,34). The quantitative estimate of drug-likeness (QED) is 0.285. The number of ether oxygens (including phenoxy) is 1. The molecule has 0 bridgehead atoms. The molecule has 0 aliphatic heterocycles. The van der Waals surface area contributed by atoms with Gasteiger partial charge in [-0.05, 0) is 55.7 Å². The van der Waals surface area contributed by atoms with Crippen LogP contribution in [-0.2, 0) is 26.2 Å². The van der Waals surface area contributed by atoms with Crippen molar-refractivity contribution in [1.29, 1.82) is 0 Å². The molecular formula is C26H34Cl3N3O5S. The second-order valence-electron chi connectivity index (χ2n) is 8.84. The Balaban J connectivity index is 2.20. The minimum atomic E-state index is -3.66. The minimum Gasteiger partial charge on any atom is -0.495 e. The summed E-state index contributed by atoms with van der Waals surface area (Å²) in [4.78, 5) is 27.6. The Morgan fingerprint density at radius 1 is 1.05 bits per heavy atom. The van der Waals surface area contributed by atoms with E-state index in [-0.39, 0.29) is 42.8 Å². The number of nitrogens with one attached hydrogen (secondary N) is 1. The fraction of sp³-hybridized carbons (Fsp3) is 0.462. The van der Waals surface area contributed by atoms with E-state index in [0.717, 1.165) is 19.1 Å². The van der Waals surface area contributed by atoms with Crippen LogP contribution >= 0.6 is 34.8 Å². The van der Waals surface area contributed by atoms with E-state index in [0.29, 0.717) is 33.6 Å². The van der Waals surface area contributed by atoms with Gasteiger partial charge in [0.15, 0.2) is 0 Å². The Morgan fingerprint density at radius 3 is 2.34 bits per heavy atom. The van der Waals surface area contributed by atoms with Crippen molar-refractivity contribution in [2.75, 3.05) is 30.8 Å². The molecule has 0 fully saturated rings. The Kier molecular flexibility index (Phi) is 12.5. The van der Waals surface area contributed by atoms with E-state index in [4.69, 9.17) is 39.5 Å². The maximum Gasteiger partial charge on any atom is 0.242 e. The highest BCUT2D eigenvalue weighted by Gasteiger charge is 2.27. The first-order valence-electron chi connectivity index (χ1n) is 12.2. The predicted molar refractivity (Wildman–Crippen MR) is 154 cm³/mol. The van der Waals surface area contributed by atoms with Crippen molar-refractivity contribution in [2.45, 2.75) is 52.1 Å². The summed E-state index contributed by atoms with van der Waals surface area (Å²) < 4.78 is 31.4. The summed E-state index contributed by atoms with van der Waals surface area (Å²) in [5.41, 5.74) is 1.00. The first kappa shape index (κ1) is 32.0. The molecule has 1 atom stereocenters. The molecule has 0 aliphatic carbocycles. The van der Waals surface area contributed by atoms with Gasteiger partial charge in [0.2, 0.25) is 21.8 Å². The normalized spacial score (nSPS) is 12.1. The van der Waals surface area contributed by atoms with E-state index < -0.39 is 16.1 Å². The van der Waals surface area contributed by atoms with Crippen molar-refractivity contribution in [3.8, 4) is 5.75 Å². The van der Waals surface area contributed by atoms with Crippen molar-refractivity contribution in [3.63, 3.8) is 0 Å². The van der Waals surface area contributed by atoms with Gasteiger partial charge in [-0.3, -0.25) is 13.9 Å².